The van der Waals surface area contributed by atoms with Gasteiger partial charge in [-0.05, 0) is 24.8 Å². The van der Waals surface area contributed by atoms with Gasteiger partial charge in [-0.2, -0.15) is 0 Å². The normalized spacial score (nSPS) is 10.6. The zero-order valence-electron chi connectivity index (χ0n) is 12.1. The summed E-state index contributed by atoms with van der Waals surface area (Å²) in [6.07, 6.45) is 0.773. The molecule has 0 aliphatic carbocycles. The lowest BCUT2D eigenvalue weighted by molar-refractivity contribution is 0.0939. The molecule has 21 heavy (non-hydrogen) atoms. The summed E-state index contributed by atoms with van der Waals surface area (Å²) in [5.74, 6) is 5.76. The number of hydrogen-bond donors (Lipinski definition) is 3. The lowest BCUT2D eigenvalue weighted by Crippen LogP contribution is -2.26. The Bertz CT molecular complexity index is 616. The molecule has 0 atom stereocenters. The van der Waals surface area contributed by atoms with Crippen LogP contribution in [0.5, 0.6) is 0 Å². The van der Waals surface area contributed by atoms with Gasteiger partial charge in [0, 0.05) is 25.1 Å². The number of hydrogen-bond acceptors (Lipinski definition) is 5. The van der Waals surface area contributed by atoms with Crippen LogP contribution < -0.4 is 16.6 Å². The number of hydrazine groups is 1. The molecule has 0 bridgehead atoms. The molecule has 0 aliphatic heterocycles. The third-order valence-corrected chi connectivity index (χ3v) is 3.06. The molecule has 4 N–H and O–H groups in total. The molecule has 1 aromatic heterocycles. The largest absolute Gasteiger partial charge is 0.382 e. The Balaban J connectivity index is 2.09. The SMILES string of the molecule is CCOCCCNC(=O)c1cc2ccccc2c(NN)n1. The Morgan fingerprint density at radius 2 is 2.19 bits per heavy atom. The van der Waals surface area contributed by atoms with E-state index in [-0.39, 0.29) is 5.91 Å². The number of benzene rings is 1. The van der Waals surface area contributed by atoms with Crippen molar-refractivity contribution in [3.63, 3.8) is 0 Å². The summed E-state index contributed by atoms with van der Waals surface area (Å²) in [7, 11) is 0. The number of pyridine rings is 1. The number of carbonyl (C=O) groups is 1. The predicted molar refractivity (Wildman–Crippen MR) is 83.0 cm³/mol. The van der Waals surface area contributed by atoms with E-state index in [0.29, 0.717) is 31.3 Å². The average Bonchev–Trinajstić information content (AvgIpc) is 2.53. The van der Waals surface area contributed by atoms with Crippen LogP contribution in [-0.2, 0) is 4.74 Å². The van der Waals surface area contributed by atoms with Crippen LogP contribution in [0, 0.1) is 0 Å². The smallest absolute Gasteiger partial charge is 0.269 e. The molecular formula is C15H20N4O2. The van der Waals surface area contributed by atoms with Crippen molar-refractivity contribution in [2.24, 2.45) is 5.84 Å². The van der Waals surface area contributed by atoms with E-state index < -0.39 is 0 Å². The van der Waals surface area contributed by atoms with Gasteiger partial charge < -0.3 is 15.5 Å². The maximum atomic E-state index is 12.1. The summed E-state index contributed by atoms with van der Waals surface area (Å²) >= 11 is 0. The van der Waals surface area contributed by atoms with Gasteiger partial charge in [0.05, 0.1) is 0 Å². The second-order valence-corrected chi connectivity index (χ2v) is 4.53. The molecule has 0 saturated carbocycles. The number of anilines is 1. The van der Waals surface area contributed by atoms with Crippen LogP contribution in [0.3, 0.4) is 0 Å². The van der Waals surface area contributed by atoms with E-state index in [2.05, 4.69) is 15.7 Å². The minimum atomic E-state index is -0.214. The third-order valence-electron chi connectivity index (χ3n) is 3.06. The maximum absolute atomic E-state index is 12.1. The molecule has 0 fully saturated rings. The van der Waals surface area contributed by atoms with E-state index in [0.717, 1.165) is 17.2 Å². The van der Waals surface area contributed by atoms with Crippen LogP contribution in [0.1, 0.15) is 23.8 Å². The number of carbonyl (C=O) groups excluding carboxylic acids is 1. The summed E-state index contributed by atoms with van der Waals surface area (Å²) in [5.41, 5.74) is 2.88. The summed E-state index contributed by atoms with van der Waals surface area (Å²) in [6, 6.07) is 9.39. The molecule has 0 radical (unpaired) electrons. The van der Waals surface area contributed by atoms with Gasteiger partial charge in [0.2, 0.25) is 0 Å². The molecule has 1 heterocycles. The topological polar surface area (TPSA) is 89.3 Å². The zero-order valence-corrected chi connectivity index (χ0v) is 12.1. The van der Waals surface area contributed by atoms with E-state index in [1.54, 1.807) is 6.07 Å². The monoisotopic (exact) mass is 288 g/mol. The first-order chi connectivity index (χ1) is 10.3. The number of nitrogens with one attached hydrogen (secondary N) is 2. The van der Waals surface area contributed by atoms with Crippen molar-refractivity contribution in [3.05, 3.63) is 36.0 Å². The summed E-state index contributed by atoms with van der Waals surface area (Å²) in [5, 5.41) is 4.62. The third kappa shape index (κ3) is 3.90. The molecule has 1 amide bonds. The number of rotatable bonds is 7. The highest BCUT2D eigenvalue weighted by atomic mass is 16.5. The number of aromatic nitrogens is 1. The fraction of sp³-hybridized carbons (Fsp3) is 0.333. The molecule has 6 heteroatoms. The highest BCUT2D eigenvalue weighted by molar-refractivity contribution is 6.00. The number of fused-ring (bicyclic) bond motifs is 1. The number of amides is 1. The van der Waals surface area contributed by atoms with Gasteiger partial charge in [-0.25, -0.2) is 10.8 Å². The summed E-state index contributed by atoms with van der Waals surface area (Å²) in [6.45, 7) is 3.82. The second-order valence-electron chi connectivity index (χ2n) is 4.53. The van der Waals surface area contributed by atoms with Crippen molar-refractivity contribution >= 4 is 22.5 Å². The van der Waals surface area contributed by atoms with E-state index in [1.165, 1.54) is 0 Å². The van der Waals surface area contributed by atoms with Crippen LogP contribution >= 0.6 is 0 Å². The van der Waals surface area contributed by atoms with E-state index >= 15 is 0 Å². The van der Waals surface area contributed by atoms with E-state index in [1.807, 2.05) is 31.2 Å². The molecule has 112 valence electrons. The summed E-state index contributed by atoms with van der Waals surface area (Å²) < 4.78 is 5.22. The molecular weight excluding hydrogens is 268 g/mol. The van der Waals surface area contributed by atoms with Crippen molar-refractivity contribution in [1.29, 1.82) is 0 Å². The Hall–Kier alpha value is -2.18. The highest BCUT2D eigenvalue weighted by Crippen LogP contribution is 2.21. The molecule has 0 saturated heterocycles. The van der Waals surface area contributed by atoms with Gasteiger partial charge >= 0.3 is 0 Å². The predicted octanol–water partition coefficient (Wildman–Crippen LogP) is 1.68. The van der Waals surface area contributed by atoms with Crippen molar-refractivity contribution in [3.8, 4) is 0 Å². The lowest BCUT2D eigenvalue weighted by atomic mass is 10.1. The van der Waals surface area contributed by atoms with Crippen LogP contribution in [0.25, 0.3) is 10.8 Å². The second kappa shape index (κ2) is 7.56. The number of ether oxygens (including phenoxy) is 1. The van der Waals surface area contributed by atoms with Gasteiger partial charge in [-0.15, -0.1) is 0 Å². The zero-order chi connectivity index (χ0) is 15.1. The van der Waals surface area contributed by atoms with Gasteiger partial charge in [-0.3, -0.25) is 4.79 Å². The van der Waals surface area contributed by atoms with Crippen molar-refractivity contribution in [2.45, 2.75) is 13.3 Å². The van der Waals surface area contributed by atoms with Crippen molar-refractivity contribution in [2.75, 3.05) is 25.2 Å². The molecule has 2 rings (SSSR count). The first-order valence-electron chi connectivity index (χ1n) is 6.98. The molecule has 0 aliphatic rings. The molecule has 6 nitrogen and oxygen atoms in total. The minimum Gasteiger partial charge on any atom is -0.382 e. The highest BCUT2D eigenvalue weighted by Gasteiger charge is 2.11. The van der Waals surface area contributed by atoms with Gasteiger partial charge in [0.25, 0.3) is 5.91 Å². The van der Waals surface area contributed by atoms with Crippen LogP contribution in [0.15, 0.2) is 30.3 Å². The van der Waals surface area contributed by atoms with Gasteiger partial charge in [0.1, 0.15) is 11.5 Å². The Morgan fingerprint density at radius 3 is 2.95 bits per heavy atom. The summed E-state index contributed by atoms with van der Waals surface area (Å²) in [4.78, 5) is 16.4. The Morgan fingerprint density at radius 1 is 1.38 bits per heavy atom. The Kier molecular flexibility index (Phi) is 5.48. The minimum absolute atomic E-state index is 0.214. The van der Waals surface area contributed by atoms with Gasteiger partial charge in [0.15, 0.2) is 0 Å². The van der Waals surface area contributed by atoms with Crippen molar-refractivity contribution in [1.82, 2.24) is 10.3 Å². The van der Waals surface area contributed by atoms with Crippen molar-refractivity contribution < 1.29 is 9.53 Å². The number of nitrogens with two attached hydrogens (primary N) is 1. The van der Waals surface area contributed by atoms with E-state index in [4.69, 9.17) is 10.6 Å². The quantitative estimate of drug-likeness (QED) is 0.410. The fourth-order valence-electron chi connectivity index (χ4n) is 2.04. The average molecular weight is 288 g/mol. The lowest BCUT2D eigenvalue weighted by Gasteiger charge is -2.09. The fourth-order valence-corrected chi connectivity index (χ4v) is 2.04. The standard InChI is InChI=1S/C15H20N4O2/c1-2-21-9-5-8-17-15(20)13-10-11-6-3-4-7-12(11)14(18-13)19-16/h3-4,6-7,10H,2,5,8-9,16H2,1H3,(H,17,20)(H,18,19). The first-order valence-corrected chi connectivity index (χ1v) is 6.98. The number of nitrogen functional groups attached to an aromatic ring is 1. The van der Waals surface area contributed by atoms with Crippen LogP contribution in [-0.4, -0.2) is 30.6 Å². The van der Waals surface area contributed by atoms with Crippen LogP contribution in [0.4, 0.5) is 5.82 Å². The maximum Gasteiger partial charge on any atom is 0.269 e. The van der Waals surface area contributed by atoms with E-state index in [9.17, 15) is 4.79 Å². The first kappa shape index (κ1) is 15.2. The molecule has 0 unspecified atom stereocenters. The molecule has 1 aromatic carbocycles. The number of nitrogens with zero attached hydrogens (tertiary/aromatic N) is 1. The van der Waals surface area contributed by atoms with Gasteiger partial charge in [-0.1, -0.05) is 24.3 Å². The Labute approximate surface area is 123 Å². The molecule has 0 spiro atoms. The van der Waals surface area contributed by atoms with Crippen LogP contribution in [0.2, 0.25) is 0 Å². The molecule has 2 aromatic rings.